The Morgan fingerprint density at radius 2 is 1.96 bits per heavy atom. The summed E-state index contributed by atoms with van der Waals surface area (Å²) in [5, 5.41) is 1.70. The van der Waals surface area contributed by atoms with E-state index in [-0.39, 0.29) is 12.2 Å². The highest BCUT2D eigenvalue weighted by molar-refractivity contribution is 6.10. The fourth-order valence-electron chi connectivity index (χ4n) is 3.27. The van der Waals surface area contributed by atoms with E-state index in [1.165, 1.54) is 0 Å². The lowest BCUT2D eigenvalue weighted by atomic mass is 10.1. The van der Waals surface area contributed by atoms with Crippen LogP contribution in [0.3, 0.4) is 0 Å². The Morgan fingerprint density at radius 1 is 1.15 bits per heavy atom. The SMILES string of the molecule is Cc1ccc2c(CC(=O)O[C@@H](C)C(=O)c3c[nH]c4ccccc34)coc2c1. The quantitative estimate of drug-likeness (QED) is 0.417. The summed E-state index contributed by atoms with van der Waals surface area (Å²) >= 11 is 0. The van der Waals surface area contributed by atoms with Crippen LogP contribution in [0.15, 0.2) is 59.3 Å². The number of aryl methyl sites for hydroxylation is 1. The van der Waals surface area contributed by atoms with Gasteiger partial charge in [-0.3, -0.25) is 9.59 Å². The van der Waals surface area contributed by atoms with Crippen LogP contribution >= 0.6 is 0 Å². The van der Waals surface area contributed by atoms with Crippen molar-refractivity contribution in [1.29, 1.82) is 0 Å². The number of nitrogens with one attached hydrogen (secondary N) is 1. The number of aromatic amines is 1. The Bertz CT molecular complexity index is 1150. The number of H-pyrrole nitrogens is 1. The first-order chi connectivity index (χ1) is 13.0. The van der Waals surface area contributed by atoms with Gasteiger partial charge in [-0.2, -0.15) is 0 Å². The first-order valence-corrected chi connectivity index (χ1v) is 8.79. The van der Waals surface area contributed by atoms with Gasteiger partial charge < -0.3 is 14.1 Å². The van der Waals surface area contributed by atoms with E-state index in [1.807, 2.05) is 49.4 Å². The molecule has 0 aliphatic heterocycles. The average molecular weight is 361 g/mol. The molecule has 5 nitrogen and oxygen atoms in total. The lowest BCUT2D eigenvalue weighted by Crippen LogP contribution is -2.25. The Balaban J connectivity index is 1.48. The largest absolute Gasteiger partial charge is 0.464 e. The molecule has 0 spiro atoms. The molecule has 27 heavy (non-hydrogen) atoms. The highest BCUT2D eigenvalue weighted by Crippen LogP contribution is 2.24. The molecule has 5 heteroatoms. The standard InChI is InChI=1S/C22H19NO4/c1-13-7-8-16-15(12-26-20(16)9-13)10-21(24)27-14(2)22(25)18-11-23-19-6-4-3-5-17(18)19/h3-9,11-12,14,23H,10H2,1-2H3/t14-/m0/s1. The number of hydrogen-bond acceptors (Lipinski definition) is 4. The number of fused-ring (bicyclic) bond motifs is 2. The average Bonchev–Trinajstić information content (AvgIpc) is 3.25. The van der Waals surface area contributed by atoms with Crippen LogP contribution in [0.1, 0.15) is 28.4 Å². The second-order valence-electron chi connectivity index (χ2n) is 6.68. The zero-order chi connectivity index (χ0) is 19.0. The smallest absolute Gasteiger partial charge is 0.311 e. The third kappa shape index (κ3) is 3.24. The summed E-state index contributed by atoms with van der Waals surface area (Å²) in [6, 6.07) is 13.4. The number of carbonyl (C=O) groups excluding carboxylic acids is 2. The Labute approximate surface area is 155 Å². The van der Waals surface area contributed by atoms with Gasteiger partial charge in [-0.15, -0.1) is 0 Å². The van der Waals surface area contributed by atoms with E-state index in [4.69, 9.17) is 9.15 Å². The summed E-state index contributed by atoms with van der Waals surface area (Å²) in [4.78, 5) is 28.1. The van der Waals surface area contributed by atoms with Crippen molar-refractivity contribution in [3.63, 3.8) is 0 Å². The Kier molecular flexibility index (Phi) is 4.28. The van der Waals surface area contributed by atoms with Crippen molar-refractivity contribution in [1.82, 2.24) is 4.98 Å². The van der Waals surface area contributed by atoms with E-state index in [0.717, 1.165) is 33.0 Å². The van der Waals surface area contributed by atoms with Gasteiger partial charge in [0.05, 0.1) is 12.7 Å². The molecule has 1 N–H and O–H groups in total. The van der Waals surface area contributed by atoms with Gasteiger partial charge in [-0.25, -0.2) is 0 Å². The van der Waals surface area contributed by atoms with Crippen LogP contribution in [-0.4, -0.2) is 22.8 Å². The second-order valence-corrected chi connectivity index (χ2v) is 6.68. The summed E-state index contributed by atoms with van der Waals surface area (Å²) in [6.07, 6.45) is 2.42. The van der Waals surface area contributed by atoms with Crippen LogP contribution in [0.5, 0.6) is 0 Å². The zero-order valence-corrected chi connectivity index (χ0v) is 15.1. The number of aromatic nitrogens is 1. The molecule has 0 saturated carbocycles. The number of rotatable bonds is 5. The molecular weight excluding hydrogens is 342 g/mol. The van der Waals surface area contributed by atoms with E-state index < -0.39 is 12.1 Å². The summed E-state index contributed by atoms with van der Waals surface area (Å²) in [5.74, 6) is -0.688. The van der Waals surface area contributed by atoms with Crippen LogP contribution in [0.2, 0.25) is 0 Å². The van der Waals surface area contributed by atoms with Crippen LogP contribution in [-0.2, 0) is 16.0 Å². The maximum absolute atomic E-state index is 12.7. The molecule has 0 bridgehead atoms. The highest BCUT2D eigenvalue weighted by atomic mass is 16.5. The summed E-state index contributed by atoms with van der Waals surface area (Å²) in [5.41, 5.74) is 3.97. The lowest BCUT2D eigenvalue weighted by Gasteiger charge is -2.11. The predicted molar refractivity (Wildman–Crippen MR) is 103 cm³/mol. The molecule has 136 valence electrons. The maximum Gasteiger partial charge on any atom is 0.311 e. The molecule has 2 aromatic carbocycles. The van der Waals surface area contributed by atoms with Crippen molar-refractivity contribution in [3.05, 3.63) is 71.6 Å². The van der Waals surface area contributed by atoms with Crippen LogP contribution in [0.25, 0.3) is 21.9 Å². The van der Waals surface area contributed by atoms with Crippen LogP contribution in [0.4, 0.5) is 0 Å². The molecule has 1 atom stereocenters. The molecule has 0 radical (unpaired) electrons. The number of para-hydroxylation sites is 1. The highest BCUT2D eigenvalue weighted by Gasteiger charge is 2.23. The van der Waals surface area contributed by atoms with Crippen molar-refractivity contribution in [2.24, 2.45) is 0 Å². The second kappa shape index (κ2) is 6.76. The van der Waals surface area contributed by atoms with Gasteiger partial charge in [0.15, 0.2) is 6.10 Å². The zero-order valence-electron chi connectivity index (χ0n) is 15.1. The molecule has 0 aliphatic rings. The van der Waals surface area contributed by atoms with Crippen molar-refractivity contribution >= 4 is 33.6 Å². The fourth-order valence-corrected chi connectivity index (χ4v) is 3.27. The Morgan fingerprint density at radius 3 is 2.81 bits per heavy atom. The number of hydrogen-bond donors (Lipinski definition) is 1. The molecule has 0 amide bonds. The minimum Gasteiger partial charge on any atom is -0.464 e. The minimum absolute atomic E-state index is 0.0571. The van der Waals surface area contributed by atoms with Crippen LogP contribution < -0.4 is 0 Å². The maximum atomic E-state index is 12.7. The number of Topliss-reactive ketones (excluding diaryl/α,β-unsaturated/α-hetero) is 1. The predicted octanol–water partition coefficient (Wildman–Crippen LogP) is 4.58. The normalized spacial score (nSPS) is 12.4. The summed E-state index contributed by atoms with van der Waals surface area (Å²) in [7, 11) is 0. The molecule has 0 fully saturated rings. The topological polar surface area (TPSA) is 72.3 Å². The third-order valence-corrected chi connectivity index (χ3v) is 4.68. The third-order valence-electron chi connectivity index (χ3n) is 4.68. The number of esters is 1. The molecular formula is C22H19NO4. The van der Waals surface area contributed by atoms with Gasteiger partial charge in [-0.1, -0.05) is 30.3 Å². The van der Waals surface area contributed by atoms with E-state index in [9.17, 15) is 9.59 Å². The van der Waals surface area contributed by atoms with E-state index in [2.05, 4.69) is 4.98 Å². The van der Waals surface area contributed by atoms with E-state index in [1.54, 1.807) is 19.4 Å². The molecule has 0 saturated heterocycles. The molecule has 0 aliphatic carbocycles. The molecule has 0 unspecified atom stereocenters. The molecule has 2 aromatic heterocycles. The molecule has 2 heterocycles. The van der Waals surface area contributed by atoms with Crippen molar-refractivity contribution in [3.8, 4) is 0 Å². The van der Waals surface area contributed by atoms with Crippen LogP contribution in [0, 0.1) is 6.92 Å². The first-order valence-electron chi connectivity index (χ1n) is 8.79. The van der Waals surface area contributed by atoms with Gasteiger partial charge in [0, 0.05) is 33.6 Å². The number of ketones is 1. The van der Waals surface area contributed by atoms with Crippen molar-refractivity contribution in [2.75, 3.05) is 0 Å². The van der Waals surface area contributed by atoms with Gasteiger partial charge in [0.1, 0.15) is 5.58 Å². The monoisotopic (exact) mass is 361 g/mol. The Hall–Kier alpha value is -3.34. The van der Waals surface area contributed by atoms with Gasteiger partial charge in [-0.05, 0) is 31.5 Å². The summed E-state index contributed by atoms with van der Waals surface area (Å²) in [6.45, 7) is 3.58. The number of carbonyl (C=O) groups is 2. The molecule has 4 rings (SSSR count). The summed E-state index contributed by atoms with van der Waals surface area (Å²) < 4.78 is 10.9. The lowest BCUT2D eigenvalue weighted by molar-refractivity contribution is -0.145. The van der Waals surface area contributed by atoms with Gasteiger partial charge in [0.2, 0.25) is 5.78 Å². The van der Waals surface area contributed by atoms with Crippen molar-refractivity contribution in [2.45, 2.75) is 26.4 Å². The van der Waals surface area contributed by atoms with Gasteiger partial charge >= 0.3 is 5.97 Å². The van der Waals surface area contributed by atoms with Gasteiger partial charge in [0.25, 0.3) is 0 Å². The van der Waals surface area contributed by atoms with E-state index >= 15 is 0 Å². The fraction of sp³-hybridized carbons (Fsp3) is 0.182. The number of ether oxygens (including phenoxy) is 1. The number of furan rings is 1. The first kappa shape index (κ1) is 17.1. The van der Waals surface area contributed by atoms with E-state index in [0.29, 0.717) is 5.56 Å². The molecule has 4 aromatic rings. The minimum atomic E-state index is -0.864. The van der Waals surface area contributed by atoms with Crippen molar-refractivity contribution < 1.29 is 18.7 Å². The number of benzene rings is 2.